The Hall–Kier alpha value is -2.05. The first kappa shape index (κ1) is 16.4. The monoisotopic (exact) mass is 419 g/mol. The van der Waals surface area contributed by atoms with Crippen LogP contribution >= 0.6 is 27.3 Å². The van der Waals surface area contributed by atoms with Crippen LogP contribution in [-0.2, 0) is 4.79 Å². The third kappa shape index (κ3) is 2.89. The second-order valence-electron chi connectivity index (χ2n) is 5.84. The Kier molecular flexibility index (Phi) is 4.17. The van der Waals surface area contributed by atoms with Crippen LogP contribution in [0.1, 0.15) is 22.8 Å². The van der Waals surface area contributed by atoms with Gasteiger partial charge in [-0.25, -0.2) is 8.78 Å². The minimum Gasteiger partial charge on any atom is -0.325 e. The first-order chi connectivity index (χ1) is 12.0. The molecule has 25 heavy (non-hydrogen) atoms. The SMILES string of the molecule is O=C1C[C@H](c2cc(Br)ccc2F)c2scc(-c3ccccc3F)c2N1. The quantitative estimate of drug-likeness (QED) is 0.547. The molecule has 0 bridgehead atoms. The molecule has 2 heterocycles. The number of carbonyl (C=O) groups excluding carboxylic acids is 1. The average Bonchev–Trinajstić information content (AvgIpc) is 3.00. The molecular formula is C19H12BrF2NOS. The van der Waals surface area contributed by atoms with Crippen LogP contribution in [0.4, 0.5) is 14.5 Å². The van der Waals surface area contributed by atoms with E-state index < -0.39 is 0 Å². The normalized spacial score (nSPS) is 16.4. The van der Waals surface area contributed by atoms with Crippen molar-refractivity contribution in [1.29, 1.82) is 0 Å². The maximum atomic E-state index is 14.4. The Bertz CT molecular complexity index is 985. The topological polar surface area (TPSA) is 29.1 Å². The number of rotatable bonds is 2. The number of hydrogen-bond donors (Lipinski definition) is 1. The van der Waals surface area contributed by atoms with E-state index in [9.17, 15) is 13.6 Å². The zero-order chi connectivity index (χ0) is 17.6. The van der Waals surface area contributed by atoms with Crippen LogP contribution in [0.25, 0.3) is 11.1 Å². The largest absolute Gasteiger partial charge is 0.325 e. The van der Waals surface area contributed by atoms with E-state index in [-0.39, 0.29) is 29.9 Å². The predicted molar refractivity (Wildman–Crippen MR) is 98.9 cm³/mol. The first-order valence-corrected chi connectivity index (χ1v) is 9.33. The van der Waals surface area contributed by atoms with Gasteiger partial charge in [-0.1, -0.05) is 34.1 Å². The summed E-state index contributed by atoms with van der Waals surface area (Å²) in [4.78, 5) is 13.1. The van der Waals surface area contributed by atoms with Gasteiger partial charge in [-0.05, 0) is 29.8 Å². The third-order valence-electron chi connectivity index (χ3n) is 4.29. The molecule has 0 aliphatic carbocycles. The standard InChI is InChI=1S/C19H12BrF2NOS/c20-10-5-6-16(22)12(7-10)13-8-17(24)23-18-14(9-25-19(13)18)11-3-1-2-4-15(11)21/h1-7,9,13H,8H2,(H,23,24)/t13-/m1/s1. The van der Waals surface area contributed by atoms with Gasteiger partial charge in [0.25, 0.3) is 0 Å². The summed E-state index contributed by atoms with van der Waals surface area (Å²) in [6, 6.07) is 11.1. The molecular weight excluding hydrogens is 408 g/mol. The van der Waals surface area contributed by atoms with Crippen molar-refractivity contribution in [2.45, 2.75) is 12.3 Å². The highest BCUT2D eigenvalue weighted by Crippen LogP contribution is 2.47. The summed E-state index contributed by atoms with van der Waals surface area (Å²) < 4.78 is 29.3. The number of thiophene rings is 1. The predicted octanol–water partition coefficient (Wildman–Crippen LogP) is 5.93. The summed E-state index contributed by atoms with van der Waals surface area (Å²) in [5, 5.41) is 4.66. The third-order valence-corrected chi connectivity index (χ3v) is 5.88. The second-order valence-corrected chi connectivity index (χ2v) is 7.67. The molecule has 6 heteroatoms. The molecule has 0 fully saturated rings. The van der Waals surface area contributed by atoms with Crippen molar-refractivity contribution in [2.75, 3.05) is 5.32 Å². The molecule has 0 saturated carbocycles. The molecule has 0 spiro atoms. The summed E-state index contributed by atoms with van der Waals surface area (Å²) >= 11 is 4.77. The highest BCUT2D eigenvalue weighted by atomic mass is 79.9. The fourth-order valence-electron chi connectivity index (χ4n) is 3.14. The minimum absolute atomic E-state index is 0.164. The van der Waals surface area contributed by atoms with Crippen LogP contribution < -0.4 is 5.32 Å². The van der Waals surface area contributed by atoms with Crippen molar-refractivity contribution in [3.8, 4) is 11.1 Å². The number of nitrogens with one attached hydrogen (secondary N) is 1. The summed E-state index contributed by atoms with van der Waals surface area (Å²) in [7, 11) is 0. The number of amides is 1. The molecule has 2 aromatic carbocycles. The van der Waals surface area contributed by atoms with Crippen molar-refractivity contribution in [2.24, 2.45) is 0 Å². The van der Waals surface area contributed by atoms with Crippen molar-refractivity contribution >= 4 is 38.9 Å². The second kappa shape index (κ2) is 6.35. The number of halogens is 3. The van der Waals surface area contributed by atoms with E-state index in [1.807, 2.05) is 5.38 Å². The number of benzene rings is 2. The molecule has 1 aliphatic heterocycles. The van der Waals surface area contributed by atoms with Crippen LogP contribution in [0.5, 0.6) is 0 Å². The molecule has 1 aliphatic rings. The van der Waals surface area contributed by atoms with E-state index in [1.165, 1.54) is 23.5 Å². The Labute approximate surface area is 155 Å². The highest BCUT2D eigenvalue weighted by molar-refractivity contribution is 9.10. The van der Waals surface area contributed by atoms with Crippen LogP contribution in [-0.4, -0.2) is 5.91 Å². The number of anilines is 1. The molecule has 0 unspecified atom stereocenters. The maximum absolute atomic E-state index is 14.4. The van der Waals surface area contributed by atoms with E-state index in [2.05, 4.69) is 21.2 Å². The lowest BCUT2D eigenvalue weighted by Gasteiger charge is -2.24. The number of hydrogen-bond acceptors (Lipinski definition) is 2. The van der Waals surface area contributed by atoms with Crippen molar-refractivity contribution in [3.05, 3.63) is 74.4 Å². The molecule has 126 valence electrons. The molecule has 1 atom stereocenters. The minimum atomic E-state index is -0.383. The molecule has 1 N–H and O–H groups in total. The van der Waals surface area contributed by atoms with Crippen molar-refractivity contribution < 1.29 is 13.6 Å². The molecule has 0 saturated heterocycles. The zero-order valence-corrected chi connectivity index (χ0v) is 15.3. The van der Waals surface area contributed by atoms with Crippen LogP contribution in [0.3, 0.4) is 0 Å². The fraction of sp³-hybridized carbons (Fsp3) is 0.105. The summed E-state index contributed by atoms with van der Waals surface area (Å²) in [6.07, 6.45) is 0.164. The van der Waals surface area contributed by atoms with Gasteiger partial charge in [0, 0.05) is 38.2 Å². The molecule has 3 aromatic rings. The van der Waals surface area contributed by atoms with Crippen LogP contribution in [0, 0.1) is 11.6 Å². The maximum Gasteiger partial charge on any atom is 0.225 e. The van der Waals surface area contributed by atoms with E-state index in [0.717, 1.165) is 9.35 Å². The lowest BCUT2D eigenvalue weighted by Crippen LogP contribution is -2.23. The van der Waals surface area contributed by atoms with E-state index in [1.54, 1.807) is 30.3 Å². The van der Waals surface area contributed by atoms with Crippen LogP contribution in [0.15, 0.2) is 52.3 Å². The summed E-state index contributed by atoms with van der Waals surface area (Å²) in [5.74, 6) is -1.29. The Balaban J connectivity index is 1.87. The molecule has 1 aromatic heterocycles. The lowest BCUT2D eigenvalue weighted by atomic mass is 9.89. The van der Waals surface area contributed by atoms with Gasteiger partial charge in [0.2, 0.25) is 5.91 Å². The van der Waals surface area contributed by atoms with E-state index >= 15 is 0 Å². The molecule has 0 radical (unpaired) electrons. The summed E-state index contributed by atoms with van der Waals surface area (Å²) in [6.45, 7) is 0. The molecule has 4 rings (SSSR count). The molecule has 2 nitrogen and oxygen atoms in total. The number of fused-ring (bicyclic) bond motifs is 1. The average molecular weight is 420 g/mol. The van der Waals surface area contributed by atoms with Crippen LogP contribution in [0.2, 0.25) is 0 Å². The van der Waals surface area contributed by atoms with Gasteiger partial charge >= 0.3 is 0 Å². The molecule has 1 amide bonds. The van der Waals surface area contributed by atoms with Crippen molar-refractivity contribution in [1.82, 2.24) is 0 Å². The van der Waals surface area contributed by atoms with Gasteiger partial charge in [0.05, 0.1) is 5.69 Å². The van der Waals surface area contributed by atoms with Gasteiger partial charge in [-0.15, -0.1) is 11.3 Å². The fourth-order valence-corrected chi connectivity index (χ4v) is 4.66. The Morgan fingerprint density at radius 3 is 2.68 bits per heavy atom. The number of carbonyl (C=O) groups is 1. The lowest BCUT2D eigenvalue weighted by molar-refractivity contribution is -0.116. The van der Waals surface area contributed by atoms with E-state index in [0.29, 0.717) is 22.4 Å². The van der Waals surface area contributed by atoms with Gasteiger partial charge in [0.1, 0.15) is 11.6 Å². The van der Waals surface area contributed by atoms with Gasteiger partial charge in [-0.3, -0.25) is 4.79 Å². The first-order valence-electron chi connectivity index (χ1n) is 7.65. The van der Waals surface area contributed by atoms with Gasteiger partial charge in [-0.2, -0.15) is 0 Å². The summed E-state index contributed by atoms with van der Waals surface area (Å²) in [5.41, 5.74) is 2.10. The van der Waals surface area contributed by atoms with E-state index in [4.69, 9.17) is 0 Å². The van der Waals surface area contributed by atoms with Crippen molar-refractivity contribution in [3.63, 3.8) is 0 Å². The smallest absolute Gasteiger partial charge is 0.225 e. The van der Waals surface area contributed by atoms with Gasteiger partial charge in [0.15, 0.2) is 0 Å². The Morgan fingerprint density at radius 1 is 1.08 bits per heavy atom. The highest BCUT2D eigenvalue weighted by Gasteiger charge is 2.32. The zero-order valence-electron chi connectivity index (χ0n) is 12.9. The van der Waals surface area contributed by atoms with Gasteiger partial charge < -0.3 is 5.32 Å². The Morgan fingerprint density at radius 2 is 1.88 bits per heavy atom.